The molecule has 0 bridgehead atoms. The maximum absolute atomic E-state index is 6.00. The van der Waals surface area contributed by atoms with E-state index in [4.69, 9.17) is 4.74 Å². The van der Waals surface area contributed by atoms with Gasteiger partial charge in [-0.2, -0.15) is 0 Å². The van der Waals surface area contributed by atoms with Crippen molar-refractivity contribution in [1.29, 1.82) is 0 Å². The highest BCUT2D eigenvalue weighted by molar-refractivity contribution is 5.11. The number of hydrogen-bond acceptors (Lipinski definition) is 4. The van der Waals surface area contributed by atoms with E-state index in [1.165, 1.54) is 25.7 Å². The van der Waals surface area contributed by atoms with Crippen molar-refractivity contribution in [3.8, 4) is 0 Å². The van der Waals surface area contributed by atoms with Crippen LogP contribution in [0, 0.1) is 0 Å². The second kappa shape index (κ2) is 6.96. The fourth-order valence-corrected chi connectivity index (χ4v) is 3.16. The predicted molar refractivity (Wildman–Crippen MR) is 75.9 cm³/mol. The Balaban J connectivity index is 2.29. The fraction of sp³-hybridized carbons (Fsp3) is 0.733. The summed E-state index contributed by atoms with van der Waals surface area (Å²) in [5.74, 6) is 0. The van der Waals surface area contributed by atoms with Gasteiger partial charge in [0, 0.05) is 19.5 Å². The van der Waals surface area contributed by atoms with Gasteiger partial charge in [-0.05, 0) is 19.4 Å². The van der Waals surface area contributed by atoms with Crippen molar-refractivity contribution in [2.75, 3.05) is 13.7 Å². The van der Waals surface area contributed by atoms with Crippen molar-refractivity contribution >= 4 is 0 Å². The summed E-state index contributed by atoms with van der Waals surface area (Å²) in [7, 11) is 1.84. The van der Waals surface area contributed by atoms with E-state index in [0.717, 1.165) is 25.1 Å². The SMILES string of the molecule is CCNC(c1cnccn1)C1(OC)CCCCCC1. The average molecular weight is 263 g/mol. The second-order valence-corrected chi connectivity index (χ2v) is 5.30. The Kier molecular flexibility index (Phi) is 5.28. The number of rotatable bonds is 5. The number of methoxy groups -OCH3 is 1. The van der Waals surface area contributed by atoms with Crippen molar-refractivity contribution in [3.63, 3.8) is 0 Å². The lowest BCUT2D eigenvalue weighted by molar-refractivity contribution is -0.0548. The van der Waals surface area contributed by atoms with Gasteiger partial charge in [0.1, 0.15) is 0 Å². The Bertz CT molecular complexity index is 361. The largest absolute Gasteiger partial charge is 0.376 e. The standard InChI is InChI=1S/C15H25N3O/c1-3-17-14(13-12-16-10-11-18-13)15(19-2)8-6-4-5-7-9-15/h10-12,14,17H,3-9H2,1-2H3. The molecule has 0 amide bonds. The van der Waals surface area contributed by atoms with E-state index in [1.807, 2.05) is 13.3 Å². The predicted octanol–water partition coefficient (Wildman–Crippen LogP) is 2.87. The van der Waals surface area contributed by atoms with Crippen molar-refractivity contribution in [2.45, 2.75) is 57.1 Å². The van der Waals surface area contributed by atoms with Crippen molar-refractivity contribution in [1.82, 2.24) is 15.3 Å². The van der Waals surface area contributed by atoms with Crippen LogP contribution < -0.4 is 5.32 Å². The maximum atomic E-state index is 6.00. The molecule has 1 fully saturated rings. The molecule has 1 aromatic heterocycles. The van der Waals surface area contributed by atoms with Crippen LogP contribution in [-0.4, -0.2) is 29.2 Å². The molecule has 19 heavy (non-hydrogen) atoms. The third-order valence-corrected chi connectivity index (χ3v) is 4.17. The van der Waals surface area contributed by atoms with Crippen LogP contribution in [0.4, 0.5) is 0 Å². The van der Waals surface area contributed by atoms with E-state index in [0.29, 0.717) is 0 Å². The number of ether oxygens (including phenoxy) is 1. The lowest BCUT2D eigenvalue weighted by Crippen LogP contribution is -2.45. The van der Waals surface area contributed by atoms with E-state index < -0.39 is 0 Å². The molecule has 4 heteroatoms. The highest BCUT2D eigenvalue weighted by atomic mass is 16.5. The minimum Gasteiger partial charge on any atom is -0.376 e. The van der Waals surface area contributed by atoms with Gasteiger partial charge in [-0.15, -0.1) is 0 Å². The van der Waals surface area contributed by atoms with Crippen molar-refractivity contribution in [3.05, 3.63) is 24.3 Å². The highest BCUT2D eigenvalue weighted by Gasteiger charge is 2.40. The highest BCUT2D eigenvalue weighted by Crippen LogP contribution is 2.39. The Morgan fingerprint density at radius 3 is 2.53 bits per heavy atom. The third-order valence-electron chi connectivity index (χ3n) is 4.17. The van der Waals surface area contributed by atoms with E-state index in [9.17, 15) is 0 Å². The van der Waals surface area contributed by atoms with Crippen molar-refractivity contribution < 1.29 is 4.74 Å². The van der Waals surface area contributed by atoms with Crippen LogP contribution in [0.5, 0.6) is 0 Å². The fourth-order valence-electron chi connectivity index (χ4n) is 3.16. The lowest BCUT2D eigenvalue weighted by atomic mass is 9.84. The molecule has 0 spiro atoms. The quantitative estimate of drug-likeness (QED) is 0.830. The normalized spacial score (nSPS) is 20.7. The first kappa shape index (κ1) is 14.4. The molecular formula is C15H25N3O. The van der Waals surface area contributed by atoms with E-state index in [-0.39, 0.29) is 11.6 Å². The summed E-state index contributed by atoms with van der Waals surface area (Å²) >= 11 is 0. The zero-order chi connectivity index (χ0) is 13.6. The average Bonchev–Trinajstić information content (AvgIpc) is 2.72. The van der Waals surface area contributed by atoms with Crippen LogP contribution in [0.25, 0.3) is 0 Å². The molecule has 0 aromatic carbocycles. The Morgan fingerprint density at radius 1 is 1.26 bits per heavy atom. The molecule has 2 rings (SSSR count). The summed E-state index contributed by atoms with van der Waals surface area (Å²) in [5.41, 5.74) is 0.857. The first-order valence-electron chi connectivity index (χ1n) is 7.37. The van der Waals surface area contributed by atoms with Gasteiger partial charge in [0.05, 0.1) is 23.5 Å². The van der Waals surface area contributed by atoms with E-state index in [1.54, 1.807) is 12.4 Å². The molecule has 1 aliphatic rings. The summed E-state index contributed by atoms with van der Waals surface area (Å²) in [5, 5.41) is 3.56. The van der Waals surface area contributed by atoms with Gasteiger partial charge < -0.3 is 10.1 Å². The number of nitrogens with zero attached hydrogens (tertiary/aromatic N) is 2. The third kappa shape index (κ3) is 3.31. The van der Waals surface area contributed by atoms with Crippen LogP contribution in [-0.2, 0) is 4.74 Å². The first-order valence-corrected chi connectivity index (χ1v) is 7.37. The summed E-state index contributed by atoms with van der Waals surface area (Å²) in [6.45, 7) is 3.04. The van der Waals surface area contributed by atoms with Gasteiger partial charge in [-0.1, -0.05) is 32.6 Å². The summed E-state index contributed by atoms with van der Waals surface area (Å²) in [6.07, 6.45) is 12.6. The van der Waals surface area contributed by atoms with Crippen LogP contribution in [0.1, 0.15) is 57.2 Å². The maximum Gasteiger partial charge on any atom is 0.0888 e. The first-order chi connectivity index (χ1) is 9.32. The molecule has 1 aromatic rings. The van der Waals surface area contributed by atoms with E-state index >= 15 is 0 Å². The number of likely N-dealkylation sites (N-methyl/N-ethyl adjacent to an activating group) is 1. The van der Waals surface area contributed by atoms with Gasteiger partial charge in [-0.3, -0.25) is 9.97 Å². The molecule has 106 valence electrons. The molecular weight excluding hydrogens is 238 g/mol. The molecule has 1 atom stereocenters. The summed E-state index contributed by atoms with van der Waals surface area (Å²) in [4.78, 5) is 8.70. The zero-order valence-electron chi connectivity index (χ0n) is 12.1. The molecule has 0 saturated heterocycles. The monoisotopic (exact) mass is 263 g/mol. The van der Waals surface area contributed by atoms with Crippen LogP contribution in [0.2, 0.25) is 0 Å². The molecule has 1 aliphatic carbocycles. The van der Waals surface area contributed by atoms with Crippen LogP contribution in [0.3, 0.4) is 0 Å². The van der Waals surface area contributed by atoms with Crippen LogP contribution >= 0.6 is 0 Å². The molecule has 1 N–H and O–H groups in total. The lowest BCUT2D eigenvalue weighted by Gasteiger charge is -2.39. The van der Waals surface area contributed by atoms with Gasteiger partial charge in [0.2, 0.25) is 0 Å². The Labute approximate surface area is 116 Å². The molecule has 4 nitrogen and oxygen atoms in total. The molecule has 1 saturated carbocycles. The number of hydrogen-bond donors (Lipinski definition) is 1. The molecule has 1 heterocycles. The number of aromatic nitrogens is 2. The topological polar surface area (TPSA) is 47.0 Å². The Morgan fingerprint density at radius 2 is 2.00 bits per heavy atom. The van der Waals surface area contributed by atoms with Gasteiger partial charge in [0.15, 0.2) is 0 Å². The summed E-state index contributed by atoms with van der Waals surface area (Å²) < 4.78 is 6.00. The number of nitrogens with one attached hydrogen (secondary N) is 1. The van der Waals surface area contributed by atoms with Crippen LogP contribution in [0.15, 0.2) is 18.6 Å². The minimum absolute atomic E-state index is 0.134. The Hall–Kier alpha value is -1.00. The second-order valence-electron chi connectivity index (χ2n) is 5.30. The smallest absolute Gasteiger partial charge is 0.0888 e. The van der Waals surface area contributed by atoms with E-state index in [2.05, 4.69) is 22.2 Å². The van der Waals surface area contributed by atoms with Gasteiger partial charge in [0.25, 0.3) is 0 Å². The molecule has 0 aliphatic heterocycles. The van der Waals surface area contributed by atoms with Gasteiger partial charge >= 0.3 is 0 Å². The molecule has 1 unspecified atom stereocenters. The summed E-state index contributed by atoms with van der Waals surface area (Å²) in [6, 6.07) is 0.134. The van der Waals surface area contributed by atoms with Gasteiger partial charge in [-0.25, -0.2) is 0 Å². The minimum atomic E-state index is -0.136. The molecule has 0 radical (unpaired) electrons. The zero-order valence-corrected chi connectivity index (χ0v) is 12.1. The van der Waals surface area contributed by atoms with Crippen molar-refractivity contribution in [2.24, 2.45) is 0 Å².